The largest absolute Gasteiger partial charge is 0.511 e. The molecule has 0 saturated heterocycles. The molecule has 1 fully saturated rings. The highest BCUT2D eigenvalue weighted by Crippen LogP contribution is 2.42. The first-order chi connectivity index (χ1) is 17.2. The van der Waals surface area contributed by atoms with E-state index >= 15 is 0 Å². The molecule has 2 heterocycles. The predicted molar refractivity (Wildman–Crippen MR) is 144 cm³/mol. The van der Waals surface area contributed by atoms with Crippen LogP contribution in [0, 0.1) is 11.3 Å². The fourth-order valence-electron chi connectivity index (χ4n) is 5.32. The van der Waals surface area contributed by atoms with Gasteiger partial charge in [0.1, 0.15) is 16.2 Å². The lowest BCUT2D eigenvalue weighted by atomic mass is 9.75. The molecule has 0 spiro atoms. The molecular weight excluding hydrogens is 516 g/mol. The average Bonchev–Trinajstić information content (AvgIpc) is 2.80. The monoisotopic (exact) mass is 552 g/mol. The number of amides is 1. The Kier molecular flexibility index (Phi) is 7.37. The summed E-state index contributed by atoms with van der Waals surface area (Å²) in [6.07, 6.45) is 7.34. The van der Waals surface area contributed by atoms with Gasteiger partial charge in [0.2, 0.25) is 10.0 Å². The smallest absolute Gasteiger partial charge is 0.286 e. The van der Waals surface area contributed by atoms with Crippen molar-refractivity contribution in [1.29, 1.82) is 0 Å². The van der Waals surface area contributed by atoms with Gasteiger partial charge in [-0.15, -0.1) is 4.40 Å². The van der Waals surface area contributed by atoms with Crippen LogP contribution in [0.2, 0.25) is 0 Å². The SMILES string of the molecule is CC(C)CC[C@]1(C)CN(C2CCCCC2)C(=O)C(C2=NS(=O)(=O)c3cc(NS(C)(=O)=O)ccc3N2)=C1O. The number of carbonyl (C=O) groups is 1. The van der Waals surface area contributed by atoms with Crippen LogP contribution in [0.25, 0.3) is 0 Å². The van der Waals surface area contributed by atoms with Crippen LogP contribution in [0.15, 0.2) is 38.8 Å². The van der Waals surface area contributed by atoms with E-state index in [0.29, 0.717) is 18.9 Å². The summed E-state index contributed by atoms with van der Waals surface area (Å²) in [7, 11) is -7.91. The topological polar surface area (TPSA) is 145 Å². The van der Waals surface area contributed by atoms with Crippen LogP contribution >= 0.6 is 0 Å². The summed E-state index contributed by atoms with van der Waals surface area (Å²) in [4.78, 5) is 15.4. The Hall–Kier alpha value is -2.60. The standard InChI is InChI=1S/C25H36N4O6S2/c1-16(2)12-13-25(3)15-29(18-8-6-5-7-9-18)24(31)21(22(25)30)23-26-19-11-10-17(27-36(4,32)33)14-20(19)37(34,35)28-23/h10-11,14,16,18,27,30H,5-9,12-13,15H2,1-4H3,(H,26,28)/t25-/m1/s1. The highest BCUT2D eigenvalue weighted by Gasteiger charge is 2.47. The van der Waals surface area contributed by atoms with Crippen LogP contribution in [-0.2, 0) is 24.8 Å². The first-order valence-corrected chi connectivity index (χ1v) is 16.0. The maximum atomic E-state index is 13.8. The van der Waals surface area contributed by atoms with Gasteiger partial charge in [0.25, 0.3) is 15.9 Å². The van der Waals surface area contributed by atoms with Crippen molar-refractivity contribution in [3.63, 3.8) is 0 Å². The zero-order valence-corrected chi connectivity index (χ0v) is 23.4. The molecule has 1 saturated carbocycles. The molecule has 12 heteroatoms. The number of amidine groups is 1. The van der Waals surface area contributed by atoms with Crippen LogP contribution < -0.4 is 10.0 Å². The zero-order chi connectivity index (χ0) is 27.2. The summed E-state index contributed by atoms with van der Waals surface area (Å²) >= 11 is 0. The number of benzene rings is 1. The van der Waals surface area contributed by atoms with Gasteiger partial charge in [-0.25, -0.2) is 8.42 Å². The van der Waals surface area contributed by atoms with Gasteiger partial charge < -0.3 is 15.3 Å². The van der Waals surface area contributed by atoms with E-state index in [0.717, 1.165) is 44.8 Å². The summed E-state index contributed by atoms with van der Waals surface area (Å²) in [5, 5.41) is 14.4. The van der Waals surface area contributed by atoms with E-state index in [1.54, 1.807) is 4.90 Å². The van der Waals surface area contributed by atoms with Gasteiger partial charge in [-0.05, 0) is 49.8 Å². The Morgan fingerprint density at radius 2 is 1.92 bits per heavy atom. The van der Waals surface area contributed by atoms with Crippen molar-refractivity contribution in [3.8, 4) is 0 Å². The van der Waals surface area contributed by atoms with Crippen molar-refractivity contribution in [2.45, 2.75) is 76.7 Å². The fraction of sp³-hybridized carbons (Fsp3) is 0.600. The number of hydrogen-bond acceptors (Lipinski definition) is 7. The van der Waals surface area contributed by atoms with Crippen LogP contribution in [0.3, 0.4) is 0 Å². The number of aliphatic hydroxyl groups excluding tert-OH is 1. The minimum absolute atomic E-state index is 0.0282. The molecule has 0 aromatic heterocycles. The Balaban J connectivity index is 1.78. The first kappa shape index (κ1) is 27.4. The molecule has 2 aliphatic heterocycles. The van der Waals surface area contributed by atoms with Crippen molar-refractivity contribution >= 4 is 43.2 Å². The Morgan fingerprint density at radius 3 is 2.54 bits per heavy atom. The number of nitrogens with one attached hydrogen (secondary N) is 2. The number of sulfonamides is 2. The molecule has 1 aliphatic carbocycles. The van der Waals surface area contributed by atoms with E-state index in [-0.39, 0.29) is 39.5 Å². The molecule has 3 aliphatic rings. The molecule has 3 N–H and O–H groups in total. The van der Waals surface area contributed by atoms with Crippen LogP contribution in [0.4, 0.5) is 11.4 Å². The third kappa shape index (κ3) is 5.79. The van der Waals surface area contributed by atoms with Crippen molar-refractivity contribution in [2.24, 2.45) is 15.7 Å². The van der Waals surface area contributed by atoms with Crippen molar-refractivity contribution < 1.29 is 26.7 Å². The second kappa shape index (κ2) is 9.94. The van der Waals surface area contributed by atoms with Crippen molar-refractivity contribution in [3.05, 3.63) is 29.5 Å². The number of aliphatic hydroxyl groups is 1. The second-order valence-corrected chi connectivity index (χ2v) is 14.4. The van der Waals surface area contributed by atoms with Gasteiger partial charge in [0.05, 0.1) is 11.9 Å². The normalized spacial score (nSPS) is 24.5. The molecule has 1 aromatic rings. The maximum Gasteiger partial charge on any atom is 0.286 e. The predicted octanol–water partition coefficient (Wildman–Crippen LogP) is 4.00. The van der Waals surface area contributed by atoms with Gasteiger partial charge in [-0.2, -0.15) is 8.42 Å². The molecule has 204 valence electrons. The van der Waals surface area contributed by atoms with Gasteiger partial charge in [0.15, 0.2) is 5.84 Å². The summed E-state index contributed by atoms with van der Waals surface area (Å²) in [5.41, 5.74) is -0.639. The van der Waals surface area contributed by atoms with E-state index in [2.05, 4.69) is 28.3 Å². The first-order valence-electron chi connectivity index (χ1n) is 12.7. The molecular formula is C25H36N4O6S2. The van der Waals surface area contributed by atoms with E-state index < -0.39 is 31.4 Å². The number of anilines is 2. The summed E-state index contributed by atoms with van der Waals surface area (Å²) in [6, 6.07) is 4.04. The van der Waals surface area contributed by atoms with Crippen molar-refractivity contribution in [2.75, 3.05) is 22.8 Å². The zero-order valence-electron chi connectivity index (χ0n) is 21.7. The third-order valence-electron chi connectivity index (χ3n) is 7.36. The van der Waals surface area contributed by atoms with E-state index in [4.69, 9.17) is 0 Å². The molecule has 0 radical (unpaired) electrons. The van der Waals surface area contributed by atoms with Gasteiger partial charge >= 0.3 is 0 Å². The summed E-state index contributed by atoms with van der Waals surface area (Å²) in [5.74, 6) is -0.395. The number of carbonyl (C=O) groups excluding carboxylic acids is 1. The van der Waals surface area contributed by atoms with Gasteiger partial charge in [-0.3, -0.25) is 9.52 Å². The summed E-state index contributed by atoms with van der Waals surface area (Å²) < 4.78 is 55.7. The number of fused-ring (bicyclic) bond motifs is 1. The molecule has 1 atom stereocenters. The lowest BCUT2D eigenvalue weighted by molar-refractivity contribution is -0.133. The number of nitrogens with zero attached hydrogens (tertiary/aromatic N) is 2. The second-order valence-electron chi connectivity index (χ2n) is 11.1. The van der Waals surface area contributed by atoms with Crippen LogP contribution in [0.1, 0.15) is 65.7 Å². The highest BCUT2D eigenvalue weighted by atomic mass is 32.2. The average molecular weight is 553 g/mol. The molecule has 10 nitrogen and oxygen atoms in total. The Labute approximate surface area is 219 Å². The molecule has 0 unspecified atom stereocenters. The molecule has 1 aromatic carbocycles. The van der Waals surface area contributed by atoms with Gasteiger partial charge in [-0.1, -0.05) is 40.0 Å². The number of rotatable bonds is 7. The molecule has 1 amide bonds. The molecule has 0 bridgehead atoms. The fourth-order valence-corrected chi connectivity index (χ4v) is 7.02. The number of hydrogen-bond donors (Lipinski definition) is 3. The Bertz CT molecular complexity index is 1360. The van der Waals surface area contributed by atoms with E-state index in [9.17, 15) is 26.7 Å². The Morgan fingerprint density at radius 1 is 1.24 bits per heavy atom. The lowest BCUT2D eigenvalue weighted by Crippen LogP contribution is -2.54. The summed E-state index contributed by atoms with van der Waals surface area (Å²) in [6.45, 7) is 6.49. The maximum absolute atomic E-state index is 13.8. The van der Waals surface area contributed by atoms with Crippen LogP contribution in [0.5, 0.6) is 0 Å². The minimum atomic E-state index is -4.30. The van der Waals surface area contributed by atoms with Crippen LogP contribution in [-0.4, -0.2) is 57.4 Å². The van der Waals surface area contributed by atoms with Crippen molar-refractivity contribution in [1.82, 2.24) is 4.90 Å². The molecule has 37 heavy (non-hydrogen) atoms. The van der Waals surface area contributed by atoms with E-state index in [1.165, 1.54) is 18.2 Å². The highest BCUT2D eigenvalue weighted by molar-refractivity contribution is 7.92. The third-order valence-corrected chi connectivity index (χ3v) is 9.28. The quantitative estimate of drug-likeness (QED) is 0.463. The van der Waals surface area contributed by atoms with E-state index in [1.807, 2.05) is 6.92 Å². The lowest BCUT2D eigenvalue weighted by Gasteiger charge is -2.45. The van der Waals surface area contributed by atoms with Gasteiger partial charge in [0, 0.05) is 23.7 Å². The minimum Gasteiger partial charge on any atom is -0.511 e. The molecule has 4 rings (SSSR count).